The largest absolute Gasteiger partial charge is 0.353 e. The number of aryl methyl sites for hydroxylation is 3. The highest BCUT2D eigenvalue weighted by Crippen LogP contribution is 2.27. The highest BCUT2D eigenvalue weighted by atomic mass is 16.2. The summed E-state index contributed by atoms with van der Waals surface area (Å²) in [6, 6.07) is 26.0. The third-order valence-corrected chi connectivity index (χ3v) is 6.76. The molecule has 0 bridgehead atoms. The highest BCUT2D eigenvalue weighted by Gasteiger charge is 2.31. The van der Waals surface area contributed by atoms with Crippen LogP contribution in [0.1, 0.15) is 47.6 Å². The van der Waals surface area contributed by atoms with Crippen LogP contribution in [-0.2, 0) is 16.0 Å². The summed E-state index contributed by atoms with van der Waals surface area (Å²) < 4.78 is 0. The number of hydrogen-bond donors (Lipinski definition) is 2. The number of piperidine rings is 1. The monoisotopic (exact) mass is 469 g/mol. The third kappa shape index (κ3) is 6.80. The molecular formula is C30H35N3O2. The van der Waals surface area contributed by atoms with Gasteiger partial charge in [0.05, 0.1) is 0 Å². The van der Waals surface area contributed by atoms with E-state index in [0.29, 0.717) is 6.42 Å². The topological polar surface area (TPSA) is 61.4 Å². The molecule has 1 heterocycles. The van der Waals surface area contributed by atoms with E-state index in [-0.39, 0.29) is 23.9 Å². The van der Waals surface area contributed by atoms with Crippen LogP contribution in [0.4, 0.5) is 5.69 Å². The van der Waals surface area contributed by atoms with E-state index in [9.17, 15) is 9.59 Å². The Bertz CT molecular complexity index is 1120. The Labute approximate surface area is 208 Å². The van der Waals surface area contributed by atoms with Gasteiger partial charge >= 0.3 is 0 Å². The van der Waals surface area contributed by atoms with E-state index in [2.05, 4.69) is 33.7 Å². The zero-order valence-corrected chi connectivity index (χ0v) is 20.7. The highest BCUT2D eigenvalue weighted by molar-refractivity contribution is 5.96. The quantitative estimate of drug-likeness (QED) is 0.477. The lowest BCUT2D eigenvalue weighted by Gasteiger charge is -2.37. The average molecular weight is 470 g/mol. The predicted molar refractivity (Wildman–Crippen MR) is 141 cm³/mol. The lowest BCUT2D eigenvalue weighted by molar-refractivity contribution is -0.124. The molecule has 3 aromatic rings. The number of anilines is 1. The van der Waals surface area contributed by atoms with E-state index >= 15 is 0 Å². The third-order valence-electron chi connectivity index (χ3n) is 6.76. The lowest BCUT2D eigenvalue weighted by atomic mass is 9.98. The average Bonchev–Trinajstić information content (AvgIpc) is 2.87. The summed E-state index contributed by atoms with van der Waals surface area (Å²) in [5.41, 5.74) is 5.19. The zero-order valence-electron chi connectivity index (χ0n) is 20.7. The fourth-order valence-corrected chi connectivity index (χ4v) is 4.74. The van der Waals surface area contributed by atoms with E-state index in [1.54, 1.807) is 0 Å². The van der Waals surface area contributed by atoms with Gasteiger partial charge < -0.3 is 10.6 Å². The molecule has 3 aromatic carbocycles. The number of nitrogens with zero attached hydrogens (tertiary/aromatic N) is 1. The van der Waals surface area contributed by atoms with Gasteiger partial charge in [0.25, 0.3) is 0 Å². The Balaban J connectivity index is 1.37. The molecular weight excluding hydrogens is 434 g/mol. The molecule has 1 saturated heterocycles. The Hall–Kier alpha value is -3.44. The number of carbonyl (C=O) groups excluding carboxylic acids is 2. The van der Waals surface area contributed by atoms with Crippen LogP contribution in [0.3, 0.4) is 0 Å². The molecule has 5 nitrogen and oxygen atoms in total. The Kier molecular flexibility index (Phi) is 8.32. The number of benzene rings is 3. The van der Waals surface area contributed by atoms with E-state index in [1.165, 1.54) is 5.56 Å². The number of rotatable bonds is 8. The maximum atomic E-state index is 13.5. The van der Waals surface area contributed by atoms with Crippen LogP contribution < -0.4 is 10.6 Å². The number of hydrogen-bond acceptors (Lipinski definition) is 3. The molecule has 0 aromatic heterocycles. The van der Waals surface area contributed by atoms with E-state index in [4.69, 9.17) is 0 Å². The van der Waals surface area contributed by atoms with Crippen molar-refractivity contribution in [1.29, 1.82) is 0 Å². The van der Waals surface area contributed by atoms with E-state index in [0.717, 1.165) is 54.7 Å². The molecule has 0 aliphatic carbocycles. The molecule has 0 spiro atoms. The normalized spacial score (nSPS) is 15.4. The van der Waals surface area contributed by atoms with E-state index < -0.39 is 0 Å². The molecule has 1 unspecified atom stereocenters. The first-order valence-corrected chi connectivity index (χ1v) is 12.5. The van der Waals surface area contributed by atoms with Gasteiger partial charge in [-0.1, -0.05) is 72.8 Å². The van der Waals surface area contributed by atoms with E-state index in [1.807, 2.05) is 74.5 Å². The van der Waals surface area contributed by atoms with Crippen molar-refractivity contribution in [1.82, 2.24) is 10.2 Å². The smallest absolute Gasteiger partial charge is 0.246 e. The second kappa shape index (κ2) is 11.8. The molecule has 4 rings (SSSR count). The minimum Gasteiger partial charge on any atom is -0.353 e. The van der Waals surface area contributed by atoms with Crippen LogP contribution in [0, 0.1) is 13.8 Å². The second-order valence-electron chi connectivity index (χ2n) is 9.48. The summed E-state index contributed by atoms with van der Waals surface area (Å²) in [5.74, 6) is 0.0785. The first-order chi connectivity index (χ1) is 17.0. The van der Waals surface area contributed by atoms with Crippen molar-refractivity contribution < 1.29 is 9.59 Å². The van der Waals surface area contributed by atoms with Crippen molar-refractivity contribution in [3.05, 3.63) is 101 Å². The van der Waals surface area contributed by atoms with Crippen LogP contribution in [0.5, 0.6) is 0 Å². The second-order valence-corrected chi connectivity index (χ2v) is 9.48. The first kappa shape index (κ1) is 24.7. The Morgan fingerprint density at radius 3 is 2.26 bits per heavy atom. The zero-order chi connectivity index (χ0) is 24.6. The van der Waals surface area contributed by atoms with Gasteiger partial charge in [0, 0.05) is 31.2 Å². The molecule has 1 atom stereocenters. The number of amides is 2. The van der Waals surface area contributed by atoms with Gasteiger partial charge in [0.2, 0.25) is 11.8 Å². The van der Waals surface area contributed by atoms with Crippen LogP contribution in [0.15, 0.2) is 78.9 Å². The molecule has 0 saturated carbocycles. The van der Waals surface area contributed by atoms with Gasteiger partial charge in [-0.15, -0.1) is 0 Å². The van der Waals surface area contributed by atoms with Crippen LogP contribution >= 0.6 is 0 Å². The van der Waals surface area contributed by atoms with Crippen molar-refractivity contribution in [3.63, 3.8) is 0 Å². The lowest BCUT2D eigenvalue weighted by Crippen LogP contribution is -2.48. The van der Waals surface area contributed by atoms with Crippen molar-refractivity contribution in [3.8, 4) is 0 Å². The SMILES string of the molecule is Cc1ccc(C)c(NC(=O)C(c2ccccc2)N2CCC(NC(=O)CCc3ccccc3)CC2)c1. The minimum atomic E-state index is -0.370. The molecule has 1 aliphatic heterocycles. The van der Waals surface area contributed by atoms with Crippen molar-refractivity contribution in [2.75, 3.05) is 18.4 Å². The molecule has 2 amide bonds. The van der Waals surface area contributed by atoms with Gasteiger partial charge in [-0.25, -0.2) is 0 Å². The van der Waals surface area contributed by atoms with Crippen LogP contribution in [0.2, 0.25) is 0 Å². The number of nitrogens with one attached hydrogen (secondary N) is 2. The number of carbonyl (C=O) groups is 2. The molecule has 35 heavy (non-hydrogen) atoms. The molecule has 5 heteroatoms. The predicted octanol–water partition coefficient (Wildman–Crippen LogP) is 5.20. The van der Waals surface area contributed by atoms with Gasteiger partial charge in [0.1, 0.15) is 6.04 Å². The van der Waals surface area contributed by atoms with Crippen LogP contribution in [0.25, 0.3) is 0 Å². The van der Waals surface area contributed by atoms with Crippen LogP contribution in [-0.4, -0.2) is 35.8 Å². The summed E-state index contributed by atoms with van der Waals surface area (Å²) in [5, 5.41) is 6.38. The summed E-state index contributed by atoms with van der Waals surface area (Å²) >= 11 is 0. The fourth-order valence-electron chi connectivity index (χ4n) is 4.74. The summed E-state index contributed by atoms with van der Waals surface area (Å²) in [6.45, 7) is 5.55. The molecule has 1 fully saturated rings. The van der Waals surface area contributed by atoms with Crippen molar-refractivity contribution in [2.24, 2.45) is 0 Å². The molecule has 2 N–H and O–H groups in total. The Morgan fingerprint density at radius 2 is 1.57 bits per heavy atom. The van der Waals surface area contributed by atoms with Gasteiger partial charge in [-0.3, -0.25) is 14.5 Å². The summed E-state index contributed by atoms with van der Waals surface area (Å²) in [6.07, 6.45) is 2.91. The van der Waals surface area contributed by atoms with Crippen molar-refractivity contribution in [2.45, 2.75) is 51.6 Å². The molecule has 182 valence electrons. The minimum absolute atomic E-state index is 0.0183. The fraction of sp³-hybridized carbons (Fsp3) is 0.333. The van der Waals surface area contributed by atoms with Gasteiger partial charge in [-0.05, 0) is 61.4 Å². The number of likely N-dealkylation sites (tertiary alicyclic amines) is 1. The first-order valence-electron chi connectivity index (χ1n) is 12.5. The van der Waals surface area contributed by atoms with Gasteiger partial charge in [-0.2, -0.15) is 0 Å². The maximum Gasteiger partial charge on any atom is 0.246 e. The summed E-state index contributed by atoms with van der Waals surface area (Å²) in [4.78, 5) is 28.3. The standard InChI is InChI=1S/C30H35N3O2/c1-22-13-14-23(2)27(21-22)32-30(35)29(25-11-7-4-8-12-25)33-19-17-26(18-20-33)31-28(34)16-15-24-9-5-3-6-10-24/h3-14,21,26,29H,15-20H2,1-2H3,(H,31,34)(H,32,35). The van der Waals surface area contributed by atoms with Gasteiger partial charge in [0.15, 0.2) is 0 Å². The maximum absolute atomic E-state index is 13.5. The Morgan fingerprint density at radius 1 is 0.914 bits per heavy atom. The van der Waals surface area contributed by atoms with Crippen molar-refractivity contribution >= 4 is 17.5 Å². The summed E-state index contributed by atoms with van der Waals surface area (Å²) in [7, 11) is 0. The molecule has 0 radical (unpaired) electrons. The molecule has 1 aliphatic rings.